The van der Waals surface area contributed by atoms with Gasteiger partial charge in [-0.05, 0) is 19.1 Å². The van der Waals surface area contributed by atoms with Crippen LogP contribution in [0.4, 0.5) is 0 Å². The van der Waals surface area contributed by atoms with Gasteiger partial charge in [-0.25, -0.2) is 4.98 Å². The Labute approximate surface area is 92.7 Å². The first kappa shape index (κ1) is 10.4. The largest absolute Gasteiger partial charge is 0.357 e. The molecule has 0 saturated heterocycles. The van der Waals surface area contributed by atoms with E-state index < -0.39 is 0 Å². The molecule has 2 heterocycles. The van der Waals surface area contributed by atoms with Crippen molar-refractivity contribution in [3.8, 4) is 0 Å². The molecule has 2 rings (SSSR count). The molecule has 6 nitrogen and oxygen atoms in total. The van der Waals surface area contributed by atoms with Crippen LogP contribution < -0.4 is 5.32 Å². The normalized spacial score (nSPS) is 12.4. The summed E-state index contributed by atoms with van der Waals surface area (Å²) in [5.41, 5.74) is 0.530. The van der Waals surface area contributed by atoms with Crippen LogP contribution in [-0.2, 0) is 7.05 Å². The van der Waals surface area contributed by atoms with Crippen molar-refractivity contribution in [1.29, 1.82) is 0 Å². The molecule has 0 spiro atoms. The second-order valence-electron chi connectivity index (χ2n) is 3.56. The summed E-state index contributed by atoms with van der Waals surface area (Å²) in [6.45, 7) is 1.84. The fraction of sp³-hybridized carbons (Fsp3) is 0.300. The number of carbonyl (C=O) groups is 1. The van der Waals surface area contributed by atoms with Crippen molar-refractivity contribution < 1.29 is 4.79 Å². The molecule has 84 valence electrons. The number of hydrogen-bond donors (Lipinski definition) is 2. The highest BCUT2D eigenvalue weighted by atomic mass is 16.1. The molecule has 1 unspecified atom stereocenters. The Morgan fingerprint density at radius 2 is 2.44 bits per heavy atom. The Morgan fingerprint density at radius 3 is 3.00 bits per heavy atom. The summed E-state index contributed by atoms with van der Waals surface area (Å²) >= 11 is 0. The Bertz CT molecular complexity index is 473. The number of carbonyl (C=O) groups excluding carboxylic acids is 1. The lowest BCUT2D eigenvalue weighted by molar-refractivity contribution is 0.0934. The van der Waals surface area contributed by atoms with E-state index in [1.54, 1.807) is 36.4 Å². The third-order valence-electron chi connectivity index (χ3n) is 2.19. The van der Waals surface area contributed by atoms with Crippen LogP contribution in [0.1, 0.15) is 29.3 Å². The van der Waals surface area contributed by atoms with E-state index in [1.165, 1.54) is 0 Å². The summed E-state index contributed by atoms with van der Waals surface area (Å²) in [7, 11) is 1.79. The molecule has 0 bridgehead atoms. The Balaban J connectivity index is 2.03. The van der Waals surface area contributed by atoms with Crippen molar-refractivity contribution in [2.24, 2.45) is 7.05 Å². The third kappa shape index (κ3) is 2.10. The van der Waals surface area contributed by atoms with E-state index in [0.29, 0.717) is 11.5 Å². The lowest BCUT2D eigenvalue weighted by Gasteiger charge is -2.09. The smallest absolute Gasteiger partial charge is 0.268 e. The molecule has 0 saturated carbocycles. The standard InChI is InChI=1S/C10H13N5O/c1-7(9-12-6-15(2)14-9)13-10(16)8-4-3-5-11-8/h3-7,11H,1-2H3,(H,13,16). The van der Waals surface area contributed by atoms with Crippen molar-refractivity contribution in [3.63, 3.8) is 0 Å². The van der Waals surface area contributed by atoms with E-state index in [9.17, 15) is 4.79 Å². The van der Waals surface area contributed by atoms with Crippen LogP contribution in [0, 0.1) is 0 Å². The van der Waals surface area contributed by atoms with Gasteiger partial charge < -0.3 is 10.3 Å². The van der Waals surface area contributed by atoms with Gasteiger partial charge in [0.05, 0.1) is 6.04 Å². The van der Waals surface area contributed by atoms with E-state index in [1.807, 2.05) is 6.92 Å². The van der Waals surface area contributed by atoms with Gasteiger partial charge in [0, 0.05) is 13.2 Å². The van der Waals surface area contributed by atoms with Crippen molar-refractivity contribution in [2.45, 2.75) is 13.0 Å². The van der Waals surface area contributed by atoms with E-state index in [-0.39, 0.29) is 11.9 Å². The van der Waals surface area contributed by atoms with Gasteiger partial charge in [0.2, 0.25) is 0 Å². The minimum absolute atomic E-state index is 0.162. The number of rotatable bonds is 3. The third-order valence-corrected chi connectivity index (χ3v) is 2.19. The fourth-order valence-electron chi connectivity index (χ4n) is 1.36. The monoisotopic (exact) mass is 219 g/mol. The highest BCUT2D eigenvalue weighted by molar-refractivity contribution is 5.92. The van der Waals surface area contributed by atoms with Gasteiger partial charge in [-0.2, -0.15) is 5.10 Å². The molecule has 0 fully saturated rings. The first-order valence-electron chi connectivity index (χ1n) is 4.96. The summed E-state index contributed by atoms with van der Waals surface area (Å²) < 4.78 is 1.60. The molecule has 16 heavy (non-hydrogen) atoms. The molecule has 0 radical (unpaired) electrons. The van der Waals surface area contributed by atoms with Crippen LogP contribution in [0.3, 0.4) is 0 Å². The summed E-state index contributed by atoms with van der Waals surface area (Å²) in [6, 6.07) is 3.28. The van der Waals surface area contributed by atoms with Crippen molar-refractivity contribution in [2.75, 3.05) is 0 Å². The summed E-state index contributed by atoms with van der Waals surface area (Å²) in [5.74, 6) is 0.437. The second kappa shape index (κ2) is 4.18. The van der Waals surface area contributed by atoms with Crippen LogP contribution in [0.5, 0.6) is 0 Å². The van der Waals surface area contributed by atoms with Gasteiger partial charge in [0.25, 0.3) is 5.91 Å². The second-order valence-corrected chi connectivity index (χ2v) is 3.56. The Morgan fingerprint density at radius 1 is 1.62 bits per heavy atom. The topological polar surface area (TPSA) is 75.6 Å². The molecule has 0 aromatic carbocycles. The van der Waals surface area contributed by atoms with Crippen LogP contribution in [-0.4, -0.2) is 25.7 Å². The van der Waals surface area contributed by atoms with E-state index in [2.05, 4.69) is 20.4 Å². The molecule has 1 amide bonds. The number of aromatic nitrogens is 4. The minimum Gasteiger partial charge on any atom is -0.357 e. The molecule has 0 aliphatic carbocycles. The number of nitrogens with one attached hydrogen (secondary N) is 2. The van der Waals surface area contributed by atoms with Crippen molar-refractivity contribution in [1.82, 2.24) is 25.1 Å². The number of aromatic amines is 1. The quantitative estimate of drug-likeness (QED) is 0.795. The Hall–Kier alpha value is -2.11. The SMILES string of the molecule is CC(NC(=O)c1ccc[nH]1)c1ncn(C)n1. The van der Waals surface area contributed by atoms with Crippen LogP contribution in [0.15, 0.2) is 24.7 Å². The number of H-pyrrole nitrogens is 1. The van der Waals surface area contributed by atoms with E-state index in [4.69, 9.17) is 0 Å². The van der Waals surface area contributed by atoms with E-state index >= 15 is 0 Å². The van der Waals surface area contributed by atoms with Crippen LogP contribution in [0.2, 0.25) is 0 Å². The van der Waals surface area contributed by atoms with Gasteiger partial charge in [0.15, 0.2) is 5.82 Å². The first-order valence-corrected chi connectivity index (χ1v) is 4.96. The summed E-state index contributed by atoms with van der Waals surface area (Å²) in [4.78, 5) is 18.6. The van der Waals surface area contributed by atoms with Gasteiger partial charge in [-0.1, -0.05) is 0 Å². The van der Waals surface area contributed by atoms with Crippen molar-refractivity contribution in [3.05, 3.63) is 36.2 Å². The van der Waals surface area contributed by atoms with Crippen LogP contribution >= 0.6 is 0 Å². The molecular weight excluding hydrogens is 206 g/mol. The number of amides is 1. The van der Waals surface area contributed by atoms with Gasteiger partial charge >= 0.3 is 0 Å². The van der Waals surface area contributed by atoms with Gasteiger partial charge in [-0.3, -0.25) is 9.48 Å². The maximum absolute atomic E-state index is 11.7. The first-order chi connectivity index (χ1) is 7.66. The zero-order chi connectivity index (χ0) is 11.5. The minimum atomic E-state index is -0.211. The molecule has 6 heteroatoms. The maximum atomic E-state index is 11.7. The molecular formula is C10H13N5O. The maximum Gasteiger partial charge on any atom is 0.268 e. The predicted octanol–water partition coefficient (Wildman–Crippen LogP) is 0.634. The lowest BCUT2D eigenvalue weighted by atomic mass is 10.3. The Kier molecular flexibility index (Phi) is 2.72. The fourth-order valence-corrected chi connectivity index (χ4v) is 1.36. The van der Waals surface area contributed by atoms with Crippen LogP contribution in [0.25, 0.3) is 0 Å². The molecule has 1 atom stereocenters. The van der Waals surface area contributed by atoms with Crippen molar-refractivity contribution >= 4 is 5.91 Å². The zero-order valence-corrected chi connectivity index (χ0v) is 9.14. The molecule has 2 aromatic rings. The average Bonchev–Trinajstić information content (AvgIpc) is 2.87. The number of aryl methyl sites for hydroxylation is 1. The molecule has 2 aromatic heterocycles. The zero-order valence-electron chi connectivity index (χ0n) is 9.14. The van der Waals surface area contributed by atoms with E-state index in [0.717, 1.165) is 0 Å². The summed E-state index contributed by atoms with van der Waals surface area (Å²) in [5, 5.41) is 6.93. The van der Waals surface area contributed by atoms with Gasteiger partial charge in [0.1, 0.15) is 12.0 Å². The highest BCUT2D eigenvalue weighted by Crippen LogP contribution is 2.06. The number of hydrogen-bond acceptors (Lipinski definition) is 3. The lowest BCUT2D eigenvalue weighted by Crippen LogP contribution is -2.27. The molecule has 2 N–H and O–H groups in total. The van der Waals surface area contributed by atoms with Gasteiger partial charge in [-0.15, -0.1) is 0 Å². The molecule has 0 aliphatic heterocycles. The number of nitrogens with zero attached hydrogens (tertiary/aromatic N) is 3. The molecule has 0 aliphatic rings. The predicted molar refractivity (Wildman–Crippen MR) is 57.7 cm³/mol. The average molecular weight is 219 g/mol. The highest BCUT2D eigenvalue weighted by Gasteiger charge is 2.14. The summed E-state index contributed by atoms with van der Waals surface area (Å²) in [6.07, 6.45) is 3.31.